The molecular formula is C27H25N3O6. The fraction of sp³-hybridized carbons (Fsp3) is 0.185. The van der Waals surface area contributed by atoms with Crippen LogP contribution >= 0.6 is 0 Å². The molecule has 0 bridgehead atoms. The Hall–Kier alpha value is -4.66. The zero-order valence-electron chi connectivity index (χ0n) is 19.7. The van der Waals surface area contributed by atoms with Gasteiger partial charge in [-0.2, -0.15) is 0 Å². The molecule has 0 spiro atoms. The number of esters is 1. The molecule has 0 aliphatic heterocycles. The molecule has 2 N–H and O–H groups in total. The van der Waals surface area contributed by atoms with Gasteiger partial charge in [0.2, 0.25) is 5.78 Å². The predicted octanol–water partition coefficient (Wildman–Crippen LogP) is 2.62. The van der Waals surface area contributed by atoms with E-state index >= 15 is 0 Å². The Labute approximate surface area is 206 Å². The Kier molecular flexibility index (Phi) is 7.29. The lowest BCUT2D eigenvalue weighted by Gasteiger charge is -2.16. The van der Waals surface area contributed by atoms with Crippen LogP contribution in [-0.2, 0) is 22.6 Å². The number of fused-ring (bicyclic) bond motifs is 1. The van der Waals surface area contributed by atoms with Crippen LogP contribution in [-0.4, -0.2) is 34.1 Å². The van der Waals surface area contributed by atoms with Crippen molar-refractivity contribution in [3.05, 3.63) is 105 Å². The van der Waals surface area contributed by atoms with Crippen molar-refractivity contribution in [3.63, 3.8) is 0 Å². The second-order valence-electron chi connectivity index (χ2n) is 8.05. The first kappa shape index (κ1) is 24.5. The summed E-state index contributed by atoms with van der Waals surface area (Å²) in [6, 6.07) is 22.1. The van der Waals surface area contributed by atoms with Gasteiger partial charge in [0.1, 0.15) is 17.1 Å². The molecule has 0 aliphatic carbocycles. The highest BCUT2D eigenvalue weighted by molar-refractivity contribution is 6.01. The molecule has 0 saturated heterocycles. The van der Waals surface area contributed by atoms with E-state index < -0.39 is 41.8 Å². The number of nitrogens with zero attached hydrogens (tertiary/aromatic N) is 2. The quantitative estimate of drug-likeness (QED) is 0.284. The first-order chi connectivity index (χ1) is 17.4. The normalized spacial score (nSPS) is 10.8. The lowest BCUT2D eigenvalue weighted by atomic mass is 10.1. The monoisotopic (exact) mass is 487 g/mol. The second kappa shape index (κ2) is 10.7. The number of ether oxygens (including phenoxy) is 2. The molecule has 0 atom stereocenters. The number of ketones is 1. The Morgan fingerprint density at radius 1 is 0.861 bits per heavy atom. The lowest BCUT2D eigenvalue weighted by molar-refractivity contribution is -0.144. The lowest BCUT2D eigenvalue weighted by Crippen LogP contribution is -2.44. The average molecular weight is 488 g/mol. The number of carbonyl (C=O) groups is 2. The number of nitrogens with two attached hydrogens (primary N) is 1. The maximum Gasteiger partial charge on any atom is 0.344 e. The van der Waals surface area contributed by atoms with Crippen LogP contribution in [0.15, 0.2) is 82.4 Å². The highest BCUT2D eigenvalue weighted by Gasteiger charge is 2.23. The van der Waals surface area contributed by atoms with Crippen LogP contribution in [0.2, 0.25) is 0 Å². The molecular weight excluding hydrogens is 462 g/mol. The zero-order chi connectivity index (χ0) is 25.7. The Morgan fingerprint density at radius 2 is 1.56 bits per heavy atom. The minimum absolute atomic E-state index is 0.0480. The molecule has 4 aromatic rings. The van der Waals surface area contributed by atoms with E-state index in [0.717, 1.165) is 25.5 Å². The van der Waals surface area contributed by atoms with Gasteiger partial charge in [-0.15, -0.1) is 0 Å². The molecule has 4 rings (SSSR count). The first-order valence-corrected chi connectivity index (χ1v) is 11.4. The number of carbonyl (C=O) groups excluding carboxylic acids is 2. The van der Waals surface area contributed by atoms with Crippen molar-refractivity contribution in [1.82, 2.24) is 9.13 Å². The van der Waals surface area contributed by atoms with E-state index in [1.807, 2.05) is 36.4 Å². The van der Waals surface area contributed by atoms with Gasteiger partial charge in [0.25, 0.3) is 5.56 Å². The molecule has 0 amide bonds. The van der Waals surface area contributed by atoms with Crippen molar-refractivity contribution in [3.8, 4) is 5.75 Å². The number of hydrogen-bond acceptors (Lipinski definition) is 7. The third-order valence-corrected chi connectivity index (χ3v) is 5.69. The molecule has 9 nitrogen and oxygen atoms in total. The van der Waals surface area contributed by atoms with Crippen molar-refractivity contribution in [2.75, 3.05) is 18.9 Å². The summed E-state index contributed by atoms with van der Waals surface area (Å²) >= 11 is 0. The van der Waals surface area contributed by atoms with Gasteiger partial charge in [-0.3, -0.25) is 18.7 Å². The highest BCUT2D eigenvalue weighted by Crippen LogP contribution is 2.20. The predicted molar refractivity (Wildman–Crippen MR) is 135 cm³/mol. The first-order valence-electron chi connectivity index (χ1n) is 11.4. The van der Waals surface area contributed by atoms with E-state index in [1.54, 1.807) is 43.3 Å². The topological polar surface area (TPSA) is 123 Å². The molecule has 0 radical (unpaired) electrons. The molecule has 36 heavy (non-hydrogen) atoms. The summed E-state index contributed by atoms with van der Waals surface area (Å²) in [4.78, 5) is 50.7. The van der Waals surface area contributed by atoms with Gasteiger partial charge in [-0.25, -0.2) is 9.59 Å². The molecule has 1 heterocycles. The summed E-state index contributed by atoms with van der Waals surface area (Å²) in [5.74, 6) is -1.39. The van der Waals surface area contributed by atoms with Crippen LogP contribution in [0, 0.1) is 0 Å². The van der Waals surface area contributed by atoms with Crippen molar-refractivity contribution in [2.24, 2.45) is 0 Å². The fourth-order valence-electron chi connectivity index (χ4n) is 3.83. The summed E-state index contributed by atoms with van der Waals surface area (Å²) in [5.41, 5.74) is 5.04. The largest absolute Gasteiger partial charge is 0.482 e. The minimum atomic E-state index is -0.822. The van der Waals surface area contributed by atoms with Crippen LogP contribution in [0.5, 0.6) is 5.75 Å². The standard InChI is InChI=1S/C27H25N3O6/c1-2-29-26(33)24(25(28)30(27(29)34)15-18-8-4-3-5-9-18)22(31)16-36-23(32)17-35-21-13-12-19-10-6-7-11-20(19)14-21/h3-14H,2,15-17,28H2,1H3. The van der Waals surface area contributed by atoms with Gasteiger partial charge < -0.3 is 15.2 Å². The van der Waals surface area contributed by atoms with Gasteiger partial charge in [0, 0.05) is 6.54 Å². The number of hydrogen-bond donors (Lipinski definition) is 1. The van der Waals surface area contributed by atoms with Gasteiger partial charge >= 0.3 is 11.7 Å². The molecule has 0 unspecified atom stereocenters. The van der Waals surface area contributed by atoms with Crippen LogP contribution in [0.25, 0.3) is 10.8 Å². The van der Waals surface area contributed by atoms with Crippen molar-refractivity contribution in [1.29, 1.82) is 0 Å². The summed E-state index contributed by atoms with van der Waals surface area (Å²) in [7, 11) is 0. The molecule has 3 aromatic carbocycles. The molecule has 9 heteroatoms. The summed E-state index contributed by atoms with van der Waals surface area (Å²) in [6.07, 6.45) is 0. The fourth-order valence-corrected chi connectivity index (χ4v) is 3.83. The maximum atomic E-state index is 12.9. The smallest absolute Gasteiger partial charge is 0.344 e. The molecule has 0 fully saturated rings. The summed E-state index contributed by atoms with van der Waals surface area (Å²) in [5, 5.41) is 1.98. The van der Waals surface area contributed by atoms with E-state index in [2.05, 4.69) is 0 Å². The average Bonchev–Trinajstić information content (AvgIpc) is 2.89. The second-order valence-corrected chi connectivity index (χ2v) is 8.05. The van der Waals surface area contributed by atoms with Gasteiger partial charge in [0.15, 0.2) is 13.2 Å². The zero-order valence-corrected chi connectivity index (χ0v) is 19.7. The number of rotatable bonds is 9. The van der Waals surface area contributed by atoms with E-state index in [-0.39, 0.29) is 18.9 Å². The van der Waals surface area contributed by atoms with E-state index in [0.29, 0.717) is 5.75 Å². The number of anilines is 1. The third-order valence-electron chi connectivity index (χ3n) is 5.69. The molecule has 184 valence electrons. The SMILES string of the molecule is CCn1c(=O)c(C(=O)COC(=O)COc2ccc3ccccc3c2)c(N)n(Cc2ccccc2)c1=O. The van der Waals surface area contributed by atoms with Crippen LogP contribution < -0.4 is 21.7 Å². The van der Waals surface area contributed by atoms with Gasteiger partial charge in [0.05, 0.1) is 6.54 Å². The third kappa shape index (κ3) is 5.20. The number of Topliss-reactive ketones (excluding diaryl/α,β-unsaturated/α-hetero) is 1. The van der Waals surface area contributed by atoms with Crippen LogP contribution in [0.1, 0.15) is 22.8 Å². The number of aromatic nitrogens is 2. The van der Waals surface area contributed by atoms with E-state index in [1.165, 1.54) is 0 Å². The van der Waals surface area contributed by atoms with Crippen LogP contribution in [0.3, 0.4) is 0 Å². The molecule has 0 saturated carbocycles. The summed E-state index contributed by atoms with van der Waals surface area (Å²) < 4.78 is 12.6. The van der Waals surface area contributed by atoms with Gasteiger partial charge in [-0.05, 0) is 35.4 Å². The maximum absolute atomic E-state index is 12.9. The van der Waals surface area contributed by atoms with Crippen LogP contribution in [0.4, 0.5) is 5.82 Å². The Bertz CT molecular complexity index is 1540. The molecule has 1 aromatic heterocycles. The number of benzene rings is 3. The highest BCUT2D eigenvalue weighted by atomic mass is 16.6. The Morgan fingerprint density at radius 3 is 2.28 bits per heavy atom. The van der Waals surface area contributed by atoms with Crippen molar-refractivity contribution in [2.45, 2.75) is 20.0 Å². The van der Waals surface area contributed by atoms with Crippen molar-refractivity contribution < 1.29 is 19.1 Å². The van der Waals surface area contributed by atoms with Gasteiger partial charge in [-0.1, -0.05) is 60.7 Å². The minimum Gasteiger partial charge on any atom is -0.482 e. The van der Waals surface area contributed by atoms with E-state index in [9.17, 15) is 19.2 Å². The Balaban J connectivity index is 1.47. The summed E-state index contributed by atoms with van der Waals surface area (Å²) in [6.45, 7) is 0.600. The molecule has 0 aliphatic rings. The van der Waals surface area contributed by atoms with Crippen molar-refractivity contribution >= 4 is 28.3 Å². The number of nitrogen functional groups attached to an aromatic ring is 1. The van der Waals surface area contributed by atoms with E-state index in [4.69, 9.17) is 15.2 Å².